The molecule has 0 bridgehead atoms. The molecule has 0 N–H and O–H groups in total. The van der Waals surface area contributed by atoms with Gasteiger partial charge in [0.05, 0.1) is 22.6 Å². The monoisotopic (exact) mass is 522 g/mol. The molecule has 0 saturated carbocycles. The molecule has 0 spiro atoms. The van der Waals surface area contributed by atoms with Crippen LogP contribution in [0, 0.1) is 0 Å². The first-order chi connectivity index (χ1) is 19.3. The van der Waals surface area contributed by atoms with Crippen LogP contribution < -0.4 is 5.46 Å². The Labute approximate surface area is 236 Å². The number of rotatable bonds is 4. The predicted octanol–water partition coefficient (Wildman–Crippen LogP) is 7.35. The number of hydrogen-bond acceptors (Lipinski definition) is 4. The van der Waals surface area contributed by atoms with E-state index in [4.69, 9.17) is 19.3 Å². The van der Waals surface area contributed by atoms with E-state index >= 15 is 0 Å². The van der Waals surface area contributed by atoms with E-state index in [2.05, 4.69) is 113 Å². The van der Waals surface area contributed by atoms with E-state index in [1.807, 2.05) is 18.2 Å². The first-order valence-corrected chi connectivity index (χ1v) is 13.9. The van der Waals surface area contributed by atoms with E-state index in [0.717, 1.165) is 40.0 Å². The zero-order valence-corrected chi connectivity index (χ0v) is 23.3. The van der Waals surface area contributed by atoms with Crippen LogP contribution in [-0.4, -0.2) is 28.3 Å². The molecule has 4 nitrogen and oxygen atoms in total. The fourth-order valence-corrected chi connectivity index (χ4v) is 5.55. The molecule has 0 radical (unpaired) electrons. The number of fused-ring (bicyclic) bond motifs is 3. The highest BCUT2D eigenvalue weighted by molar-refractivity contribution is 6.62. The van der Waals surface area contributed by atoms with Crippen LogP contribution in [0.3, 0.4) is 0 Å². The highest BCUT2D eigenvalue weighted by atomic mass is 16.7. The summed E-state index contributed by atoms with van der Waals surface area (Å²) in [7, 11) is -0.401. The molecule has 2 heterocycles. The topological polar surface area (TPSA) is 44.2 Å². The number of nitrogens with zero attached hydrogens (tertiary/aromatic N) is 2. The summed E-state index contributed by atoms with van der Waals surface area (Å²) >= 11 is 0. The molecule has 1 saturated heterocycles. The van der Waals surface area contributed by atoms with Gasteiger partial charge in [-0.25, -0.2) is 9.97 Å². The summed E-state index contributed by atoms with van der Waals surface area (Å²) in [5.41, 5.74) is 10.5. The molecule has 40 heavy (non-hydrogen) atoms. The van der Waals surface area contributed by atoms with Crippen LogP contribution in [0.2, 0.25) is 0 Å². The lowest BCUT2D eigenvalue weighted by Crippen LogP contribution is -2.41. The van der Waals surface area contributed by atoms with Crippen molar-refractivity contribution in [3.05, 3.63) is 114 Å². The first kappa shape index (κ1) is 24.9. The van der Waals surface area contributed by atoms with Crippen LogP contribution in [0.5, 0.6) is 0 Å². The lowest BCUT2D eigenvalue weighted by Gasteiger charge is -2.32. The quantitative estimate of drug-likeness (QED) is 0.227. The van der Waals surface area contributed by atoms with E-state index in [9.17, 15) is 0 Å². The van der Waals surface area contributed by atoms with E-state index in [1.165, 1.54) is 22.3 Å². The Balaban J connectivity index is 1.27. The van der Waals surface area contributed by atoms with Gasteiger partial charge in [0.25, 0.3) is 0 Å². The Morgan fingerprint density at radius 2 is 1.18 bits per heavy atom. The third-order valence-corrected chi connectivity index (χ3v) is 8.58. The minimum atomic E-state index is -0.401. The van der Waals surface area contributed by atoms with E-state index < -0.39 is 7.12 Å². The van der Waals surface area contributed by atoms with Gasteiger partial charge in [-0.2, -0.15) is 0 Å². The largest absolute Gasteiger partial charge is 0.494 e. The zero-order valence-electron chi connectivity index (χ0n) is 23.3. The summed E-state index contributed by atoms with van der Waals surface area (Å²) in [6, 6.07) is 36.0. The highest BCUT2D eigenvalue weighted by Gasteiger charge is 2.51. The Hall–Kier alpha value is -4.06. The van der Waals surface area contributed by atoms with Crippen molar-refractivity contribution in [2.24, 2.45) is 0 Å². The van der Waals surface area contributed by atoms with Gasteiger partial charge < -0.3 is 9.31 Å². The maximum Gasteiger partial charge on any atom is 0.494 e. The van der Waals surface area contributed by atoms with Crippen molar-refractivity contribution in [3.8, 4) is 45.0 Å². The molecular weight excluding hydrogens is 491 g/mol. The van der Waals surface area contributed by atoms with Gasteiger partial charge in [0, 0.05) is 16.7 Å². The first-order valence-electron chi connectivity index (χ1n) is 13.9. The standard InChI is InChI=1S/C35H31BN2O2/c1-34(2)35(3,4)40-36(39-34)28-17-14-24(15-18-28)33-37-31(23-10-6-5-7-11-23)22-32(38-33)26-16-19-30-27(21-26)20-25-12-8-9-13-29(25)30/h5-19,21-22H,20H2,1-4H3. The number of aromatic nitrogens is 2. The molecular formula is C35H31BN2O2. The minimum Gasteiger partial charge on any atom is -0.399 e. The Morgan fingerprint density at radius 1 is 0.575 bits per heavy atom. The molecule has 7 rings (SSSR count). The molecule has 1 aliphatic carbocycles. The minimum absolute atomic E-state index is 0.379. The van der Waals surface area contributed by atoms with Gasteiger partial charge in [0.1, 0.15) is 0 Å². The SMILES string of the molecule is CC1(C)OB(c2ccc(-c3nc(-c4ccccc4)cc(-c4ccc5c(c4)Cc4ccccc4-5)n3)cc2)OC1(C)C. The molecule has 1 aliphatic heterocycles. The normalized spacial score (nSPS) is 16.6. The summed E-state index contributed by atoms with van der Waals surface area (Å²) in [5.74, 6) is 0.695. The number of hydrogen-bond donors (Lipinski definition) is 0. The molecule has 0 unspecified atom stereocenters. The average Bonchev–Trinajstić information content (AvgIpc) is 3.45. The van der Waals surface area contributed by atoms with Crippen molar-refractivity contribution in [1.82, 2.24) is 9.97 Å². The van der Waals surface area contributed by atoms with E-state index in [0.29, 0.717) is 5.82 Å². The van der Waals surface area contributed by atoms with Gasteiger partial charge in [-0.15, -0.1) is 0 Å². The van der Waals surface area contributed by atoms with Crippen LogP contribution >= 0.6 is 0 Å². The fraction of sp³-hybridized carbons (Fsp3) is 0.200. The van der Waals surface area contributed by atoms with Gasteiger partial charge >= 0.3 is 7.12 Å². The van der Waals surface area contributed by atoms with Crippen molar-refractivity contribution >= 4 is 12.6 Å². The van der Waals surface area contributed by atoms with Gasteiger partial charge in [-0.05, 0) is 74.0 Å². The lowest BCUT2D eigenvalue weighted by molar-refractivity contribution is 0.00578. The Morgan fingerprint density at radius 3 is 1.90 bits per heavy atom. The molecule has 1 aromatic heterocycles. The maximum atomic E-state index is 6.26. The maximum absolute atomic E-state index is 6.26. The highest BCUT2D eigenvalue weighted by Crippen LogP contribution is 2.39. The number of benzene rings is 4. The van der Waals surface area contributed by atoms with Crippen molar-refractivity contribution < 1.29 is 9.31 Å². The van der Waals surface area contributed by atoms with Gasteiger partial charge in [0.2, 0.25) is 0 Å². The zero-order chi connectivity index (χ0) is 27.5. The summed E-state index contributed by atoms with van der Waals surface area (Å²) in [4.78, 5) is 10.1. The second-order valence-electron chi connectivity index (χ2n) is 11.7. The molecule has 1 fully saturated rings. The van der Waals surface area contributed by atoms with Crippen LogP contribution in [-0.2, 0) is 15.7 Å². The molecule has 5 heteroatoms. The van der Waals surface area contributed by atoms with Crippen LogP contribution in [0.25, 0.3) is 45.0 Å². The van der Waals surface area contributed by atoms with E-state index in [-0.39, 0.29) is 11.2 Å². The summed E-state index contributed by atoms with van der Waals surface area (Å²) in [6.45, 7) is 8.29. The fourth-order valence-electron chi connectivity index (χ4n) is 5.55. The van der Waals surface area contributed by atoms with Crippen molar-refractivity contribution in [2.45, 2.75) is 45.3 Å². The van der Waals surface area contributed by atoms with Crippen LogP contribution in [0.1, 0.15) is 38.8 Å². The second-order valence-corrected chi connectivity index (χ2v) is 11.7. The van der Waals surface area contributed by atoms with Crippen molar-refractivity contribution in [1.29, 1.82) is 0 Å². The molecule has 196 valence electrons. The second kappa shape index (κ2) is 9.26. The van der Waals surface area contributed by atoms with Crippen LogP contribution in [0.15, 0.2) is 103 Å². The van der Waals surface area contributed by atoms with Crippen molar-refractivity contribution in [3.63, 3.8) is 0 Å². The summed E-state index contributed by atoms with van der Waals surface area (Å²) in [6.07, 6.45) is 0.948. The molecule has 2 aliphatic rings. The third-order valence-electron chi connectivity index (χ3n) is 8.58. The Bertz CT molecular complexity index is 1710. The van der Waals surface area contributed by atoms with Gasteiger partial charge in [0.15, 0.2) is 5.82 Å². The van der Waals surface area contributed by atoms with Gasteiger partial charge in [-0.3, -0.25) is 0 Å². The smallest absolute Gasteiger partial charge is 0.399 e. The lowest BCUT2D eigenvalue weighted by atomic mass is 9.79. The molecule has 0 atom stereocenters. The molecule has 0 amide bonds. The average molecular weight is 522 g/mol. The third kappa shape index (κ3) is 4.26. The molecule has 5 aromatic rings. The summed E-state index contributed by atoms with van der Waals surface area (Å²) < 4.78 is 12.5. The Kier molecular flexibility index (Phi) is 5.78. The summed E-state index contributed by atoms with van der Waals surface area (Å²) in [5, 5.41) is 0. The predicted molar refractivity (Wildman–Crippen MR) is 162 cm³/mol. The van der Waals surface area contributed by atoms with E-state index in [1.54, 1.807) is 0 Å². The van der Waals surface area contributed by atoms with Gasteiger partial charge in [-0.1, -0.05) is 91.0 Å². The van der Waals surface area contributed by atoms with Crippen molar-refractivity contribution in [2.75, 3.05) is 0 Å². The van der Waals surface area contributed by atoms with Crippen LogP contribution in [0.4, 0.5) is 0 Å². The molecule has 4 aromatic carbocycles.